The van der Waals surface area contributed by atoms with Crippen LogP contribution in [-0.2, 0) is 4.79 Å². The van der Waals surface area contributed by atoms with Gasteiger partial charge in [-0.25, -0.2) is 0 Å². The molecule has 0 saturated carbocycles. The SMILES string of the molecule is CCCCSCCC(=O)N1CCCC(CO)C1. The van der Waals surface area contributed by atoms with Gasteiger partial charge in [0.05, 0.1) is 0 Å². The topological polar surface area (TPSA) is 40.5 Å². The van der Waals surface area contributed by atoms with Gasteiger partial charge in [0.1, 0.15) is 0 Å². The molecule has 0 aliphatic carbocycles. The first kappa shape index (κ1) is 14.8. The number of nitrogens with zero attached hydrogens (tertiary/aromatic N) is 1. The lowest BCUT2D eigenvalue weighted by molar-refractivity contribution is -0.132. The maximum Gasteiger partial charge on any atom is 0.223 e. The molecule has 3 nitrogen and oxygen atoms in total. The van der Waals surface area contributed by atoms with Crippen LogP contribution in [0.2, 0.25) is 0 Å². The molecular formula is C13H25NO2S. The number of aliphatic hydroxyl groups is 1. The van der Waals surface area contributed by atoms with Crippen molar-refractivity contribution in [3.8, 4) is 0 Å². The first-order chi connectivity index (χ1) is 8.27. The third kappa shape index (κ3) is 5.77. The molecule has 1 N–H and O–H groups in total. The van der Waals surface area contributed by atoms with Crippen LogP contribution in [0.25, 0.3) is 0 Å². The molecule has 0 bridgehead atoms. The molecule has 1 rings (SSSR count). The molecule has 1 aliphatic rings. The van der Waals surface area contributed by atoms with E-state index in [-0.39, 0.29) is 12.5 Å². The summed E-state index contributed by atoms with van der Waals surface area (Å²) in [5.41, 5.74) is 0. The number of likely N-dealkylation sites (tertiary alicyclic amines) is 1. The Morgan fingerprint density at radius 1 is 1.47 bits per heavy atom. The van der Waals surface area contributed by atoms with Gasteiger partial charge in [0.2, 0.25) is 5.91 Å². The van der Waals surface area contributed by atoms with E-state index >= 15 is 0 Å². The highest BCUT2D eigenvalue weighted by Gasteiger charge is 2.22. The van der Waals surface area contributed by atoms with Crippen molar-refractivity contribution in [2.24, 2.45) is 5.92 Å². The smallest absolute Gasteiger partial charge is 0.223 e. The molecule has 1 heterocycles. The summed E-state index contributed by atoms with van der Waals surface area (Å²) >= 11 is 1.88. The molecule has 0 aromatic carbocycles. The molecule has 0 spiro atoms. The zero-order valence-electron chi connectivity index (χ0n) is 10.9. The Balaban J connectivity index is 2.14. The minimum absolute atomic E-state index is 0.217. The van der Waals surface area contributed by atoms with Crippen LogP contribution < -0.4 is 0 Å². The van der Waals surface area contributed by atoms with Crippen LogP contribution in [0.4, 0.5) is 0 Å². The van der Waals surface area contributed by atoms with Crippen molar-refractivity contribution < 1.29 is 9.90 Å². The normalized spacial score (nSPS) is 20.6. The summed E-state index contributed by atoms with van der Waals surface area (Å²) in [5, 5.41) is 9.12. The minimum Gasteiger partial charge on any atom is -0.396 e. The Hall–Kier alpha value is -0.220. The second kappa shape index (κ2) is 8.81. The van der Waals surface area contributed by atoms with Crippen LogP contribution in [0.3, 0.4) is 0 Å². The van der Waals surface area contributed by atoms with Crippen LogP contribution in [0.15, 0.2) is 0 Å². The van der Waals surface area contributed by atoms with Gasteiger partial charge < -0.3 is 10.0 Å². The summed E-state index contributed by atoms with van der Waals surface area (Å²) in [7, 11) is 0. The summed E-state index contributed by atoms with van der Waals surface area (Å²) in [6.45, 7) is 4.05. The predicted molar refractivity (Wildman–Crippen MR) is 73.2 cm³/mol. The average molecular weight is 259 g/mol. The molecule has 100 valence electrons. The highest BCUT2D eigenvalue weighted by Crippen LogP contribution is 2.17. The average Bonchev–Trinajstić information content (AvgIpc) is 2.38. The molecule has 0 aromatic heterocycles. The first-order valence-corrected chi connectivity index (χ1v) is 7.89. The quantitative estimate of drug-likeness (QED) is 0.712. The number of rotatable bonds is 7. The number of carbonyl (C=O) groups is 1. The molecule has 0 radical (unpaired) electrons. The van der Waals surface area contributed by atoms with E-state index in [1.165, 1.54) is 18.6 Å². The maximum atomic E-state index is 11.9. The fraction of sp³-hybridized carbons (Fsp3) is 0.923. The van der Waals surface area contributed by atoms with Crippen molar-refractivity contribution >= 4 is 17.7 Å². The minimum atomic E-state index is 0.217. The van der Waals surface area contributed by atoms with Gasteiger partial charge in [-0.05, 0) is 30.9 Å². The Kier molecular flexibility index (Phi) is 7.69. The molecule has 1 saturated heterocycles. The second-order valence-corrected chi connectivity index (χ2v) is 5.97. The van der Waals surface area contributed by atoms with Crippen molar-refractivity contribution in [3.63, 3.8) is 0 Å². The van der Waals surface area contributed by atoms with E-state index < -0.39 is 0 Å². The van der Waals surface area contributed by atoms with Crippen LogP contribution in [0, 0.1) is 5.92 Å². The summed E-state index contributed by atoms with van der Waals surface area (Å²) < 4.78 is 0. The Morgan fingerprint density at radius 2 is 2.29 bits per heavy atom. The van der Waals surface area contributed by atoms with Gasteiger partial charge in [-0.1, -0.05) is 13.3 Å². The number of hydrogen-bond donors (Lipinski definition) is 1. The maximum absolute atomic E-state index is 11.9. The molecular weight excluding hydrogens is 234 g/mol. The Labute approximate surface area is 109 Å². The van der Waals surface area contributed by atoms with Crippen molar-refractivity contribution in [2.75, 3.05) is 31.2 Å². The predicted octanol–water partition coefficient (Wildman–Crippen LogP) is 2.14. The van der Waals surface area contributed by atoms with Gasteiger partial charge in [-0.3, -0.25) is 4.79 Å². The molecule has 4 heteroatoms. The zero-order valence-corrected chi connectivity index (χ0v) is 11.7. The van der Waals surface area contributed by atoms with E-state index in [0.29, 0.717) is 12.3 Å². The summed E-state index contributed by atoms with van der Waals surface area (Å²) in [5.74, 6) is 2.69. The molecule has 1 fully saturated rings. The highest BCUT2D eigenvalue weighted by atomic mass is 32.2. The van der Waals surface area contributed by atoms with Gasteiger partial charge in [0.15, 0.2) is 0 Å². The van der Waals surface area contributed by atoms with Crippen LogP contribution in [-0.4, -0.2) is 47.1 Å². The fourth-order valence-corrected chi connectivity index (χ4v) is 3.12. The Bertz CT molecular complexity index is 223. The number of amides is 1. The third-order valence-electron chi connectivity index (χ3n) is 3.23. The number of piperidine rings is 1. The lowest BCUT2D eigenvalue weighted by atomic mass is 9.99. The molecule has 1 amide bonds. The highest BCUT2D eigenvalue weighted by molar-refractivity contribution is 7.99. The van der Waals surface area contributed by atoms with Gasteiger partial charge in [-0.2, -0.15) is 11.8 Å². The number of hydrogen-bond acceptors (Lipinski definition) is 3. The summed E-state index contributed by atoms with van der Waals surface area (Å²) in [4.78, 5) is 13.9. The number of thioether (sulfide) groups is 1. The molecule has 1 atom stereocenters. The van der Waals surface area contributed by atoms with E-state index in [4.69, 9.17) is 5.11 Å². The third-order valence-corrected chi connectivity index (χ3v) is 4.30. The largest absolute Gasteiger partial charge is 0.396 e. The molecule has 1 aliphatic heterocycles. The van der Waals surface area contributed by atoms with Crippen molar-refractivity contribution in [3.05, 3.63) is 0 Å². The van der Waals surface area contributed by atoms with E-state index in [1.54, 1.807) is 0 Å². The van der Waals surface area contributed by atoms with Gasteiger partial charge in [0, 0.05) is 31.9 Å². The molecule has 17 heavy (non-hydrogen) atoms. The van der Waals surface area contributed by atoms with Gasteiger partial charge >= 0.3 is 0 Å². The fourth-order valence-electron chi connectivity index (χ4n) is 2.11. The zero-order chi connectivity index (χ0) is 12.5. The van der Waals surface area contributed by atoms with Crippen molar-refractivity contribution in [1.29, 1.82) is 0 Å². The van der Waals surface area contributed by atoms with Gasteiger partial charge in [-0.15, -0.1) is 0 Å². The number of carbonyl (C=O) groups excluding carboxylic acids is 1. The number of unbranched alkanes of at least 4 members (excludes halogenated alkanes) is 1. The van der Waals surface area contributed by atoms with E-state index in [9.17, 15) is 4.79 Å². The standard InChI is InChI=1S/C13H25NO2S/c1-2-3-8-17-9-6-13(16)14-7-4-5-12(10-14)11-15/h12,15H,2-11H2,1H3. The molecule has 0 aromatic rings. The monoisotopic (exact) mass is 259 g/mol. The van der Waals surface area contributed by atoms with Crippen LogP contribution in [0.5, 0.6) is 0 Å². The van der Waals surface area contributed by atoms with E-state index in [0.717, 1.165) is 31.7 Å². The second-order valence-electron chi connectivity index (χ2n) is 4.75. The number of aliphatic hydroxyl groups excluding tert-OH is 1. The van der Waals surface area contributed by atoms with Crippen molar-refractivity contribution in [1.82, 2.24) is 4.90 Å². The van der Waals surface area contributed by atoms with Crippen LogP contribution in [0.1, 0.15) is 39.0 Å². The van der Waals surface area contributed by atoms with Gasteiger partial charge in [0.25, 0.3) is 0 Å². The lowest BCUT2D eigenvalue weighted by Gasteiger charge is -2.31. The van der Waals surface area contributed by atoms with E-state index in [2.05, 4.69) is 6.92 Å². The molecule has 1 unspecified atom stereocenters. The Morgan fingerprint density at radius 3 is 3.00 bits per heavy atom. The van der Waals surface area contributed by atoms with Crippen LogP contribution >= 0.6 is 11.8 Å². The van der Waals surface area contributed by atoms with E-state index in [1.807, 2.05) is 16.7 Å². The van der Waals surface area contributed by atoms with Crippen molar-refractivity contribution in [2.45, 2.75) is 39.0 Å². The summed E-state index contributed by atoms with van der Waals surface area (Å²) in [6, 6.07) is 0. The first-order valence-electron chi connectivity index (χ1n) is 6.74. The summed E-state index contributed by atoms with van der Waals surface area (Å²) in [6.07, 6.45) is 5.23. The lowest BCUT2D eigenvalue weighted by Crippen LogP contribution is -2.41.